The number of hydrogen-bond donors (Lipinski definition) is 0. The quantitative estimate of drug-likeness (QED) is 0.615. The van der Waals surface area contributed by atoms with Crippen LogP contribution in [0.2, 0.25) is 0 Å². The van der Waals surface area contributed by atoms with E-state index in [4.69, 9.17) is 4.74 Å². The van der Waals surface area contributed by atoms with E-state index in [2.05, 4.69) is 15.2 Å². The summed E-state index contributed by atoms with van der Waals surface area (Å²) >= 11 is 1.30. The molecule has 2 aromatic rings. The van der Waals surface area contributed by atoms with Gasteiger partial charge in [-0.15, -0.1) is 10.2 Å². The number of nitrogens with zero attached hydrogens (tertiary/aromatic N) is 4. The molecule has 0 unspecified atom stereocenters. The maximum Gasteiger partial charge on any atom is 0.316 e. The molecule has 0 fully saturated rings. The summed E-state index contributed by atoms with van der Waals surface area (Å²) in [5.41, 5.74) is 1.89. The Morgan fingerprint density at radius 1 is 1.44 bits per heavy atom. The van der Waals surface area contributed by atoms with Crippen molar-refractivity contribution in [1.29, 1.82) is 0 Å². The van der Waals surface area contributed by atoms with E-state index >= 15 is 0 Å². The van der Waals surface area contributed by atoms with Crippen LogP contribution < -0.4 is 0 Å². The number of esters is 1. The predicted molar refractivity (Wildman–Crippen MR) is 67.6 cm³/mol. The Hall–Kier alpha value is -1.63. The van der Waals surface area contributed by atoms with Gasteiger partial charge in [-0.05, 0) is 26.8 Å². The van der Waals surface area contributed by atoms with E-state index in [1.807, 2.05) is 24.3 Å². The summed E-state index contributed by atoms with van der Waals surface area (Å²) in [5, 5.41) is 8.68. The highest BCUT2D eigenvalue weighted by molar-refractivity contribution is 7.99. The van der Waals surface area contributed by atoms with E-state index in [-0.39, 0.29) is 11.7 Å². The molecular weight excluding hydrogens is 252 g/mol. The Kier molecular flexibility index (Phi) is 3.81. The second-order valence-corrected chi connectivity index (χ2v) is 4.69. The normalized spacial score (nSPS) is 10.8. The van der Waals surface area contributed by atoms with Crippen molar-refractivity contribution in [2.45, 2.75) is 25.9 Å². The zero-order valence-electron chi connectivity index (χ0n) is 10.5. The molecule has 0 atom stereocenters. The zero-order valence-corrected chi connectivity index (χ0v) is 11.3. The first-order valence-corrected chi connectivity index (χ1v) is 6.58. The number of aromatic nitrogens is 4. The van der Waals surface area contributed by atoms with Crippen molar-refractivity contribution in [2.24, 2.45) is 0 Å². The molecule has 0 aromatic carbocycles. The molecule has 18 heavy (non-hydrogen) atoms. The predicted octanol–water partition coefficient (Wildman–Crippen LogP) is 1.40. The van der Waals surface area contributed by atoms with Gasteiger partial charge in [-0.1, -0.05) is 11.8 Å². The SMILES string of the molecule is CCOC(=O)CSc1nnc2nc(C)cc(C)n12. The number of aryl methyl sites for hydroxylation is 2. The van der Waals surface area contributed by atoms with Crippen LogP contribution >= 0.6 is 11.8 Å². The molecule has 0 saturated carbocycles. The number of hydrogen-bond acceptors (Lipinski definition) is 6. The van der Waals surface area contributed by atoms with Crippen molar-refractivity contribution in [1.82, 2.24) is 19.6 Å². The molecule has 0 aliphatic carbocycles. The van der Waals surface area contributed by atoms with Crippen molar-refractivity contribution >= 4 is 23.5 Å². The maximum absolute atomic E-state index is 11.3. The van der Waals surface area contributed by atoms with Crippen LogP contribution in [0.4, 0.5) is 0 Å². The molecule has 0 aliphatic heterocycles. The van der Waals surface area contributed by atoms with Crippen molar-refractivity contribution in [3.63, 3.8) is 0 Å². The summed E-state index contributed by atoms with van der Waals surface area (Å²) in [7, 11) is 0. The van der Waals surface area contributed by atoms with Gasteiger partial charge in [-0.2, -0.15) is 0 Å². The number of thioether (sulfide) groups is 1. The molecule has 0 spiro atoms. The lowest BCUT2D eigenvalue weighted by atomic mass is 10.3. The average Bonchev–Trinajstić information content (AvgIpc) is 2.70. The van der Waals surface area contributed by atoms with Crippen LogP contribution in [0.15, 0.2) is 11.2 Å². The molecule has 2 aromatic heterocycles. The fourth-order valence-electron chi connectivity index (χ4n) is 1.62. The summed E-state index contributed by atoms with van der Waals surface area (Å²) in [4.78, 5) is 15.6. The van der Waals surface area contributed by atoms with E-state index in [0.717, 1.165) is 11.4 Å². The van der Waals surface area contributed by atoms with Gasteiger partial charge in [0.25, 0.3) is 5.78 Å². The van der Waals surface area contributed by atoms with Crippen LogP contribution in [0.25, 0.3) is 5.78 Å². The first-order chi connectivity index (χ1) is 8.61. The van der Waals surface area contributed by atoms with E-state index < -0.39 is 0 Å². The third-order valence-electron chi connectivity index (χ3n) is 2.29. The van der Waals surface area contributed by atoms with Crippen LogP contribution in [0.5, 0.6) is 0 Å². The molecule has 0 saturated heterocycles. The molecule has 0 radical (unpaired) electrons. The van der Waals surface area contributed by atoms with Gasteiger partial charge in [-0.3, -0.25) is 9.20 Å². The molecule has 0 N–H and O–H groups in total. The second kappa shape index (κ2) is 5.34. The van der Waals surface area contributed by atoms with E-state index in [1.54, 1.807) is 6.92 Å². The Balaban J connectivity index is 2.22. The smallest absolute Gasteiger partial charge is 0.316 e. The largest absolute Gasteiger partial charge is 0.465 e. The van der Waals surface area contributed by atoms with Gasteiger partial charge in [0.2, 0.25) is 0 Å². The van der Waals surface area contributed by atoms with Crippen LogP contribution in [0.3, 0.4) is 0 Å². The summed E-state index contributed by atoms with van der Waals surface area (Å²) in [6.07, 6.45) is 0. The topological polar surface area (TPSA) is 69.4 Å². The summed E-state index contributed by atoms with van der Waals surface area (Å²) in [6, 6.07) is 1.95. The molecule has 7 heteroatoms. The Labute approximate surface area is 109 Å². The fraction of sp³-hybridized carbons (Fsp3) is 0.455. The van der Waals surface area contributed by atoms with Crippen molar-refractivity contribution in [3.05, 3.63) is 17.5 Å². The van der Waals surface area contributed by atoms with Crippen LogP contribution in [0, 0.1) is 13.8 Å². The molecule has 6 nitrogen and oxygen atoms in total. The van der Waals surface area contributed by atoms with E-state index in [9.17, 15) is 4.79 Å². The molecule has 2 rings (SSSR count). The second-order valence-electron chi connectivity index (χ2n) is 3.75. The van der Waals surface area contributed by atoms with Gasteiger partial charge in [0.05, 0.1) is 12.4 Å². The highest BCUT2D eigenvalue weighted by atomic mass is 32.2. The Morgan fingerprint density at radius 3 is 2.94 bits per heavy atom. The monoisotopic (exact) mass is 266 g/mol. The van der Waals surface area contributed by atoms with Crippen LogP contribution in [-0.2, 0) is 9.53 Å². The number of ether oxygens (including phenoxy) is 1. The number of fused-ring (bicyclic) bond motifs is 1. The lowest BCUT2D eigenvalue weighted by Crippen LogP contribution is -2.07. The first kappa shape index (κ1) is 12.8. The molecule has 0 aliphatic rings. The van der Waals surface area contributed by atoms with Gasteiger partial charge >= 0.3 is 5.97 Å². The van der Waals surface area contributed by atoms with Gasteiger partial charge in [0.15, 0.2) is 5.16 Å². The number of carbonyl (C=O) groups is 1. The fourth-order valence-corrected chi connectivity index (χ4v) is 2.40. The van der Waals surface area contributed by atoms with Crippen LogP contribution in [0.1, 0.15) is 18.3 Å². The highest BCUT2D eigenvalue weighted by Gasteiger charge is 2.12. The Bertz CT molecular complexity index is 582. The third-order valence-corrected chi connectivity index (χ3v) is 3.19. The lowest BCUT2D eigenvalue weighted by molar-refractivity contribution is -0.139. The molecule has 0 amide bonds. The highest BCUT2D eigenvalue weighted by Crippen LogP contribution is 2.18. The first-order valence-electron chi connectivity index (χ1n) is 5.59. The van der Waals surface area contributed by atoms with Crippen molar-refractivity contribution in [2.75, 3.05) is 12.4 Å². The third kappa shape index (κ3) is 2.61. The van der Waals surface area contributed by atoms with Gasteiger partial charge < -0.3 is 4.74 Å². The van der Waals surface area contributed by atoms with Crippen LogP contribution in [-0.4, -0.2) is 37.9 Å². The average molecular weight is 266 g/mol. The van der Waals surface area contributed by atoms with Gasteiger partial charge in [0.1, 0.15) is 0 Å². The van der Waals surface area contributed by atoms with Crippen molar-refractivity contribution < 1.29 is 9.53 Å². The lowest BCUT2D eigenvalue weighted by Gasteiger charge is -2.03. The van der Waals surface area contributed by atoms with E-state index in [0.29, 0.717) is 17.5 Å². The maximum atomic E-state index is 11.3. The molecular formula is C11H14N4O2S. The number of rotatable bonds is 4. The minimum Gasteiger partial charge on any atom is -0.465 e. The van der Waals surface area contributed by atoms with Crippen molar-refractivity contribution in [3.8, 4) is 0 Å². The summed E-state index contributed by atoms with van der Waals surface area (Å²) in [5.74, 6) is 0.526. The number of carbonyl (C=O) groups excluding carboxylic acids is 1. The zero-order chi connectivity index (χ0) is 13.1. The standard InChI is InChI=1S/C11H14N4O2S/c1-4-17-9(16)6-18-11-14-13-10-12-7(2)5-8(3)15(10)11/h5H,4,6H2,1-3H3. The molecule has 96 valence electrons. The van der Waals surface area contributed by atoms with E-state index in [1.165, 1.54) is 11.8 Å². The summed E-state index contributed by atoms with van der Waals surface area (Å²) < 4.78 is 6.70. The molecule has 0 bridgehead atoms. The Morgan fingerprint density at radius 2 is 2.22 bits per heavy atom. The molecule has 2 heterocycles. The van der Waals surface area contributed by atoms with Gasteiger partial charge in [0, 0.05) is 11.4 Å². The van der Waals surface area contributed by atoms with Gasteiger partial charge in [-0.25, -0.2) is 4.98 Å². The minimum atomic E-state index is -0.253. The minimum absolute atomic E-state index is 0.224. The summed E-state index contributed by atoms with van der Waals surface area (Å²) in [6.45, 7) is 6.04.